The summed E-state index contributed by atoms with van der Waals surface area (Å²) in [7, 11) is 0. The highest BCUT2D eigenvalue weighted by molar-refractivity contribution is 6.43. The molecule has 1 aromatic carbocycles. The van der Waals surface area contributed by atoms with Crippen molar-refractivity contribution < 1.29 is 14.6 Å². The van der Waals surface area contributed by atoms with Crippen molar-refractivity contribution in [1.82, 2.24) is 0 Å². The molecule has 1 N–H and O–H groups in total. The average Bonchev–Trinajstić information content (AvgIpc) is 2.17. The average molecular weight is 177 g/mol. The third kappa shape index (κ3) is 1.26. The maximum absolute atomic E-state index is 10.7. The summed E-state index contributed by atoms with van der Waals surface area (Å²) in [5, 5.41) is 8.80. The van der Waals surface area contributed by atoms with Gasteiger partial charge in [0.1, 0.15) is 5.75 Å². The van der Waals surface area contributed by atoms with Gasteiger partial charge in [-0.15, -0.1) is 0 Å². The van der Waals surface area contributed by atoms with Crippen molar-refractivity contribution in [3.05, 3.63) is 29.8 Å². The lowest BCUT2D eigenvalue weighted by atomic mass is 10.1. The smallest absolute Gasteiger partial charge is 0.354 e. The molecule has 4 heteroatoms. The Balaban J connectivity index is 2.53. The van der Waals surface area contributed by atoms with Crippen LogP contribution in [0.1, 0.15) is 5.56 Å². The Bertz CT molecular complexity index is 384. The largest absolute Gasteiger partial charge is 0.477 e. The van der Waals surface area contributed by atoms with E-state index in [1.807, 2.05) is 0 Å². The summed E-state index contributed by atoms with van der Waals surface area (Å²) in [5.74, 6) is -0.439. The molecule has 1 aliphatic heterocycles. The van der Waals surface area contributed by atoms with Crippen LogP contribution < -0.4 is 4.74 Å². The van der Waals surface area contributed by atoms with Crippen LogP contribution in [0.25, 0.3) is 0 Å². The Labute approximate surface area is 74.5 Å². The quantitative estimate of drug-likeness (QED) is 0.693. The Morgan fingerprint density at radius 1 is 1.46 bits per heavy atom. The second-order valence-electron chi connectivity index (χ2n) is 2.58. The molecule has 0 amide bonds. The number of hydrogen-bond acceptors (Lipinski definition) is 3. The van der Waals surface area contributed by atoms with Gasteiger partial charge in [-0.25, -0.2) is 9.79 Å². The van der Waals surface area contributed by atoms with Crippen LogP contribution in [0.2, 0.25) is 0 Å². The summed E-state index contributed by atoms with van der Waals surface area (Å²) in [6.07, 6.45) is 0. The van der Waals surface area contributed by atoms with E-state index >= 15 is 0 Å². The first-order chi connectivity index (χ1) is 6.29. The van der Waals surface area contributed by atoms with Crippen molar-refractivity contribution in [2.45, 2.75) is 0 Å². The molecule has 0 aliphatic carbocycles. The van der Waals surface area contributed by atoms with Gasteiger partial charge in [-0.05, 0) is 12.1 Å². The number of carboxylic acids is 1. The van der Waals surface area contributed by atoms with Gasteiger partial charge in [0.15, 0.2) is 12.4 Å². The molecule has 66 valence electrons. The van der Waals surface area contributed by atoms with Crippen LogP contribution in [-0.2, 0) is 4.79 Å². The van der Waals surface area contributed by atoms with Gasteiger partial charge >= 0.3 is 5.97 Å². The minimum absolute atomic E-state index is 0.0712. The second-order valence-corrected chi connectivity index (χ2v) is 2.58. The molecule has 4 nitrogen and oxygen atoms in total. The number of hydrogen-bond donors (Lipinski definition) is 1. The van der Waals surface area contributed by atoms with Crippen molar-refractivity contribution in [3.63, 3.8) is 0 Å². The van der Waals surface area contributed by atoms with Crippen LogP contribution in [0.15, 0.2) is 29.3 Å². The molecule has 0 aromatic heterocycles. The first kappa shape index (κ1) is 7.79. The van der Waals surface area contributed by atoms with Crippen molar-refractivity contribution in [1.29, 1.82) is 0 Å². The van der Waals surface area contributed by atoms with Crippen LogP contribution in [0.4, 0.5) is 0 Å². The van der Waals surface area contributed by atoms with Gasteiger partial charge in [0, 0.05) is 5.56 Å². The monoisotopic (exact) mass is 177 g/mol. The summed E-state index contributed by atoms with van der Waals surface area (Å²) in [6, 6.07) is 6.96. The fraction of sp³-hybridized carbons (Fsp3) is 0.111. The van der Waals surface area contributed by atoms with Gasteiger partial charge in [0.05, 0.1) is 0 Å². The van der Waals surface area contributed by atoms with Gasteiger partial charge in [-0.3, -0.25) is 0 Å². The van der Waals surface area contributed by atoms with Crippen molar-refractivity contribution in [2.24, 2.45) is 4.99 Å². The fourth-order valence-corrected chi connectivity index (χ4v) is 1.22. The van der Waals surface area contributed by atoms with Gasteiger partial charge < -0.3 is 9.84 Å². The molecule has 0 bridgehead atoms. The predicted molar refractivity (Wildman–Crippen MR) is 46.1 cm³/mol. The molecule has 13 heavy (non-hydrogen) atoms. The molecule has 0 unspecified atom stereocenters. The Morgan fingerprint density at radius 2 is 2.23 bits per heavy atom. The zero-order valence-electron chi connectivity index (χ0n) is 6.73. The number of nitrogens with zero attached hydrogens (tertiary/aromatic N) is 1. The van der Waals surface area contributed by atoms with E-state index in [2.05, 4.69) is 4.99 Å². The third-order valence-electron chi connectivity index (χ3n) is 1.79. The minimum atomic E-state index is -1.02. The van der Waals surface area contributed by atoms with Crippen LogP contribution in [-0.4, -0.2) is 23.5 Å². The minimum Gasteiger partial charge on any atom is -0.477 e. The molecule has 0 spiro atoms. The summed E-state index contributed by atoms with van der Waals surface area (Å²) in [6.45, 7) is 0.0820. The number of fused-ring (bicyclic) bond motifs is 1. The molecule has 0 atom stereocenters. The molecular weight excluding hydrogens is 170 g/mol. The lowest BCUT2D eigenvalue weighted by molar-refractivity contribution is -0.129. The van der Waals surface area contributed by atoms with E-state index in [9.17, 15) is 4.79 Å². The topological polar surface area (TPSA) is 58.9 Å². The third-order valence-corrected chi connectivity index (χ3v) is 1.79. The molecule has 0 radical (unpaired) electrons. The number of para-hydroxylation sites is 1. The van der Waals surface area contributed by atoms with Crippen LogP contribution in [0.3, 0.4) is 0 Å². The lowest BCUT2D eigenvalue weighted by Crippen LogP contribution is -2.20. The number of aliphatic carboxylic acids is 1. The highest BCUT2D eigenvalue weighted by Gasteiger charge is 2.19. The molecule has 0 saturated carbocycles. The number of benzene rings is 1. The summed E-state index contributed by atoms with van der Waals surface area (Å²) < 4.78 is 5.15. The summed E-state index contributed by atoms with van der Waals surface area (Å²) in [5.41, 5.74) is 0.614. The SMILES string of the molecule is O=C(O)C1=NCOc2ccccc21. The normalized spacial score (nSPS) is 14.0. The van der Waals surface area contributed by atoms with Crippen molar-refractivity contribution >= 4 is 11.7 Å². The van der Waals surface area contributed by atoms with Gasteiger partial charge in [-0.1, -0.05) is 12.1 Å². The van der Waals surface area contributed by atoms with Crippen molar-refractivity contribution in [3.8, 4) is 5.75 Å². The van der Waals surface area contributed by atoms with Crippen LogP contribution in [0.5, 0.6) is 5.75 Å². The molecule has 1 heterocycles. The summed E-state index contributed by atoms with van der Waals surface area (Å²) >= 11 is 0. The Hall–Kier alpha value is -1.84. The maximum Gasteiger partial charge on any atom is 0.354 e. The van der Waals surface area contributed by atoms with E-state index in [0.717, 1.165) is 0 Å². The molecule has 2 rings (SSSR count). The highest BCUT2D eigenvalue weighted by atomic mass is 16.5. The lowest BCUT2D eigenvalue weighted by Gasteiger charge is -2.14. The number of carboxylic acid groups (broad SMARTS) is 1. The first-order valence-corrected chi connectivity index (χ1v) is 3.79. The zero-order valence-corrected chi connectivity index (χ0v) is 6.73. The summed E-state index contributed by atoms with van der Waals surface area (Å²) in [4.78, 5) is 14.5. The van der Waals surface area contributed by atoms with Gasteiger partial charge in [0.2, 0.25) is 0 Å². The Kier molecular flexibility index (Phi) is 1.73. The van der Waals surface area contributed by atoms with E-state index < -0.39 is 5.97 Å². The number of carbonyl (C=O) groups is 1. The van der Waals surface area contributed by atoms with E-state index in [0.29, 0.717) is 11.3 Å². The zero-order chi connectivity index (χ0) is 9.26. The number of ether oxygens (including phenoxy) is 1. The van der Waals surface area contributed by atoms with Crippen LogP contribution in [0, 0.1) is 0 Å². The van der Waals surface area contributed by atoms with Gasteiger partial charge in [-0.2, -0.15) is 0 Å². The van der Waals surface area contributed by atoms with Crippen molar-refractivity contribution in [2.75, 3.05) is 6.73 Å². The van der Waals surface area contributed by atoms with E-state index in [-0.39, 0.29) is 12.4 Å². The van der Waals surface area contributed by atoms with Crippen LogP contribution >= 0.6 is 0 Å². The van der Waals surface area contributed by atoms with E-state index in [1.54, 1.807) is 24.3 Å². The number of aliphatic imine (C=N–C) groups is 1. The second kappa shape index (κ2) is 2.90. The maximum atomic E-state index is 10.7. The van der Waals surface area contributed by atoms with E-state index in [4.69, 9.17) is 9.84 Å². The standard InChI is InChI=1S/C9H7NO3/c11-9(12)8-6-3-1-2-4-7(6)13-5-10-8/h1-4H,5H2,(H,11,12). The first-order valence-electron chi connectivity index (χ1n) is 3.79. The molecular formula is C9H7NO3. The fourth-order valence-electron chi connectivity index (χ4n) is 1.22. The molecule has 1 aromatic rings. The van der Waals surface area contributed by atoms with E-state index in [1.165, 1.54) is 0 Å². The van der Waals surface area contributed by atoms with Gasteiger partial charge in [0.25, 0.3) is 0 Å². The predicted octanol–water partition coefficient (Wildman–Crippen LogP) is 0.910. The number of rotatable bonds is 1. The highest BCUT2D eigenvalue weighted by Crippen LogP contribution is 2.22. The molecule has 1 aliphatic rings. The molecule has 0 saturated heterocycles. The molecule has 0 fully saturated rings. The Morgan fingerprint density at radius 3 is 3.00 bits per heavy atom.